The molecule has 1 heterocycles. The van der Waals surface area contributed by atoms with Gasteiger partial charge in [0.1, 0.15) is 18.0 Å². The number of anilines is 1. The lowest BCUT2D eigenvalue weighted by atomic mass is 9.73. The number of rotatable bonds is 9. The molecule has 2 N–H and O–H groups in total. The Hall–Kier alpha value is -3.64. The molecule has 1 unspecified atom stereocenters. The second kappa shape index (κ2) is 9.92. The third-order valence-corrected chi connectivity index (χ3v) is 6.64. The van der Waals surface area contributed by atoms with Crippen LogP contribution in [0.1, 0.15) is 53.7 Å². The normalized spacial score (nSPS) is 14.6. The second-order valence-corrected chi connectivity index (χ2v) is 9.71. The van der Waals surface area contributed by atoms with Gasteiger partial charge in [0.15, 0.2) is 0 Å². The van der Waals surface area contributed by atoms with E-state index in [0.717, 1.165) is 22.4 Å². The maximum absolute atomic E-state index is 13.6. The van der Waals surface area contributed by atoms with Gasteiger partial charge in [-0.2, -0.15) is 0 Å². The molecule has 4 rings (SSSR count). The average molecular weight is 474 g/mol. The van der Waals surface area contributed by atoms with Gasteiger partial charge < -0.3 is 19.9 Å². The van der Waals surface area contributed by atoms with Gasteiger partial charge in [0.2, 0.25) is 0 Å². The number of fused-ring (bicyclic) bond motifs is 1. The molecule has 1 atom stereocenters. The van der Waals surface area contributed by atoms with Gasteiger partial charge in [-0.05, 0) is 66.1 Å². The molecule has 1 aliphatic heterocycles. The highest BCUT2D eigenvalue weighted by molar-refractivity contribution is 5.99. The molecule has 3 aromatic carbocycles. The third-order valence-electron chi connectivity index (χ3n) is 6.64. The lowest BCUT2D eigenvalue weighted by Crippen LogP contribution is -2.47. The molecule has 0 aliphatic carbocycles. The van der Waals surface area contributed by atoms with E-state index < -0.39 is 16.9 Å². The predicted octanol–water partition coefficient (Wildman–Crippen LogP) is 5.04. The smallest absolute Gasteiger partial charge is 0.338 e. The molecule has 0 fully saturated rings. The lowest BCUT2D eigenvalue weighted by molar-refractivity contribution is -0.137. The summed E-state index contributed by atoms with van der Waals surface area (Å²) in [6.45, 7) is 4.25. The van der Waals surface area contributed by atoms with Crippen molar-refractivity contribution >= 4 is 17.6 Å². The number of cyclic esters (lactones) is 1. The molecule has 0 saturated heterocycles. The predicted molar refractivity (Wildman–Crippen MR) is 135 cm³/mol. The first-order valence-electron chi connectivity index (χ1n) is 11.7. The van der Waals surface area contributed by atoms with E-state index in [0.29, 0.717) is 17.7 Å². The van der Waals surface area contributed by atoms with Crippen LogP contribution in [0.5, 0.6) is 5.75 Å². The first-order valence-corrected chi connectivity index (χ1v) is 11.7. The van der Waals surface area contributed by atoms with Crippen LogP contribution < -0.4 is 10.1 Å². The van der Waals surface area contributed by atoms with E-state index in [4.69, 9.17) is 9.47 Å². The lowest BCUT2D eigenvalue weighted by Gasteiger charge is -2.36. The molecule has 0 spiro atoms. The van der Waals surface area contributed by atoms with Crippen LogP contribution in [-0.2, 0) is 28.0 Å². The summed E-state index contributed by atoms with van der Waals surface area (Å²) in [5.41, 5.74) is 1.71. The zero-order chi connectivity index (χ0) is 25.1. The van der Waals surface area contributed by atoms with Crippen LogP contribution >= 0.6 is 0 Å². The van der Waals surface area contributed by atoms with Crippen LogP contribution in [0.4, 0.5) is 5.69 Å². The zero-order valence-electron chi connectivity index (χ0n) is 20.3. The summed E-state index contributed by atoms with van der Waals surface area (Å²) >= 11 is 0. The maximum atomic E-state index is 13.6. The van der Waals surface area contributed by atoms with E-state index in [9.17, 15) is 14.7 Å². The van der Waals surface area contributed by atoms with Gasteiger partial charge in [-0.1, -0.05) is 56.3 Å². The fourth-order valence-electron chi connectivity index (χ4n) is 4.61. The molecule has 182 valence electrons. The van der Waals surface area contributed by atoms with Gasteiger partial charge in [0.25, 0.3) is 5.91 Å². The summed E-state index contributed by atoms with van der Waals surface area (Å²) in [5, 5.41) is 14.7. The monoisotopic (exact) mass is 473 g/mol. The minimum absolute atomic E-state index is 0.181. The Balaban J connectivity index is 1.57. The van der Waals surface area contributed by atoms with E-state index >= 15 is 0 Å². The van der Waals surface area contributed by atoms with Crippen LogP contribution in [0.3, 0.4) is 0 Å². The average Bonchev–Trinajstić information content (AvgIpc) is 3.23. The van der Waals surface area contributed by atoms with Crippen molar-refractivity contribution in [3.8, 4) is 5.75 Å². The fourth-order valence-corrected chi connectivity index (χ4v) is 4.61. The quantitative estimate of drug-likeness (QED) is 0.426. The Morgan fingerprint density at radius 2 is 1.77 bits per heavy atom. The molecule has 0 bridgehead atoms. The number of hydrogen-bond acceptors (Lipinski definition) is 5. The largest absolute Gasteiger partial charge is 0.497 e. The van der Waals surface area contributed by atoms with Gasteiger partial charge in [0.05, 0.1) is 12.7 Å². The number of hydrogen-bond donors (Lipinski definition) is 2. The molecule has 0 radical (unpaired) electrons. The minimum atomic E-state index is -1.63. The number of aryl methyl sites for hydroxylation is 1. The number of carbonyl (C=O) groups is 2. The van der Waals surface area contributed by atoms with Crippen molar-refractivity contribution in [1.29, 1.82) is 0 Å². The summed E-state index contributed by atoms with van der Waals surface area (Å²) in [6.07, 6.45) is 0.998. The molecule has 1 aliphatic rings. The Bertz CT molecular complexity index is 1200. The summed E-state index contributed by atoms with van der Waals surface area (Å²) in [5.74, 6) is -0.0790. The van der Waals surface area contributed by atoms with Crippen molar-refractivity contribution in [3.05, 3.63) is 95.1 Å². The SMILES string of the molecule is COc1ccc(CCC(O)(CC(C)(C)c2ccccc2)C(=O)Nc2ccc3c(c2)COC3=O)cc1. The van der Waals surface area contributed by atoms with Crippen LogP contribution in [0.2, 0.25) is 0 Å². The summed E-state index contributed by atoms with van der Waals surface area (Å²) in [7, 11) is 1.62. The molecular formula is C29H31NO5. The van der Waals surface area contributed by atoms with Gasteiger partial charge >= 0.3 is 5.97 Å². The summed E-state index contributed by atoms with van der Waals surface area (Å²) < 4.78 is 10.3. The maximum Gasteiger partial charge on any atom is 0.338 e. The zero-order valence-corrected chi connectivity index (χ0v) is 20.3. The molecule has 35 heavy (non-hydrogen) atoms. The molecule has 1 amide bonds. The molecular weight excluding hydrogens is 442 g/mol. The standard InChI is InChI=1S/C29H31NO5/c1-28(2,22-7-5-4-6-8-22)19-29(33,16-15-20-9-12-24(34-3)13-10-20)27(32)30-23-11-14-25-21(17-23)18-35-26(25)31/h4-14,17,33H,15-16,18-19H2,1-3H3,(H,30,32). The summed E-state index contributed by atoms with van der Waals surface area (Å²) in [4.78, 5) is 25.3. The first kappa shape index (κ1) is 24.5. The Labute approximate surface area is 205 Å². The van der Waals surface area contributed by atoms with E-state index in [1.54, 1.807) is 25.3 Å². The second-order valence-electron chi connectivity index (χ2n) is 9.71. The minimum Gasteiger partial charge on any atom is -0.497 e. The molecule has 0 saturated carbocycles. The van der Waals surface area contributed by atoms with Gasteiger partial charge in [-0.3, -0.25) is 4.79 Å². The van der Waals surface area contributed by atoms with Crippen molar-refractivity contribution in [2.75, 3.05) is 12.4 Å². The van der Waals surface area contributed by atoms with Crippen molar-refractivity contribution < 1.29 is 24.2 Å². The van der Waals surface area contributed by atoms with E-state index in [1.807, 2.05) is 68.4 Å². The van der Waals surface area contributed by atoms with Crippen LogP contribution in [0.25, 0.3) is 0 Å². The van der Waals surface area contributed by atoms with Crippen molar-refractivity contribution in [2.24, 2.45) is 0 Å². The summed E-state index contributed by atoms with van der Waals surface area (Å²) in [6, 6.07) is 22.6. The fraction of sp³-hybridized carbons (Fsp3) is 0.310. The number of methoxy groups -OCH3 is 1. The topological polar surface area (TPSA) is 84.9 Å². The number of carbonyl (C=O) groups excluding carboxylic acids is 2. The van der Waals surface area contributed by atoms with Crippen LogP contribution in [0.15, 0.2) is 72.8 Å². The van der Waals surface area contributed by atoms with Gasteiger partial charge in [-0.15, -0.1) is 0 Å². The van der Waals surface area contributed by atoms with Crippen molar-refractivity contribution in [1.82, 2.24) is 0 Å². The van der Waals surface area contributed by atoms with Gasteiger partial charge in [0, 0.05) is 11.3 Å². The number of nitrogens with one attached hydrogen (secondary N) is 1. The molecule has 0 aromatic heterocycles. The van der Waals surface area contributed by atoms with Gasteiger partial charge in [-0.25, -0.2) is 4.79 Å². The number of amides is 1. The Morgan fingerprint density at radius 3 is 2.46 bits per heavy atom. The third kappa shape index (κ3) is 5.54. The Morgan fingerprint density at radius 1 is 1.06 bits per heavy atom. The Kier molecular flexibility index (Phi) is 6.94. The van der Waals surface area contributed by atoms with Crippen LogP contribution in [-0.4, -0.2) is 29.7 Å². The highest BCUT2D eigenvalue weighted by Crippen LogP contribution is 2.36. The van der Waals surface area contributed by atoms with E-state index in [-0.39, 0.29) is 25.4 Å². The molecule has 6 heteroatoms. The number of ether oxygens (including phenoxy) is 2. The van der Waals surface area contributed by atoms with E-state index in [1.165, 1.54) is 0 Å². The first-order chi connectivity index (χ1) is 16.7. The highest BCUT2D eigenvalue weighted by Gasteiger charge is 2.41. The van der Waals surface area contributed by atoms with Crippen LogP contribution in [0, 0.1) is 0 Å². The van der Waals surface area contributed by atoms with Crippen molar-refractivity contribution in [2.45, 2.75) is 50.7 Å². The molecule has 3 aromatic rings. The molecule has 6 nitrogen and oxygen atoms in total. The highest BCUT2D eigenvalue weighted by atomic mass is 16.5. The van der Waals surface area contributed by atoms with Crippen molar-refractivity contribution in [3.63, 3.8) is 0 Å². The number of aliphatic hydroxyl groups is 1. The van der Waals surface area contributed by atoms with E-state index in [2.05, 4.69) is 5.32 Å². The number of esters is 1. The number of benzene rings is 3.